The number of anilines is 1. The summed E-state index contributed by atoms with van der Waals surface area (Å²) in [6.45, 7) is 2.63. The van der Waals surface area contributed by atoms with Gasteiger partial charge in [-0.2, -0.15) is 0 Å². The molecule has 1 N–H and O–H groups in total. The Balaban J connectivity index is 2.43. The number of aliphatic carboxylic acids is 1. The fourth-order valence-corrected chi connectivity index (χ4v) is 3.83. The smallest absolute Gasteiger partial charge is 0.326 e. The number of benzene rings is 1. The lowest BCUT2D eigenvalue weighted by molar-refractivity contribution is -0.139. The molecule has 116 valence electrons. The summed E-state index contributed by atoms with van der Waals surface area (Å²) in [5, 5.41) is 9.49. The van der Waals surface area contributed by atoms with Crippen LogP contribution < -0.4 is 4.90 Å². The molecule has 5 nitrogen and oxygen atoms in total. The fourth-order valence-electron chi connectivity index (χ4n) is 2.94. The van der Waals surface area contributed by atoms with Gasteiger partial charge >= 0.3 is 5.97 Å². The van der Waals surface area contributed by atoms with E-state index in [0.29, 0.717) is 24.6 Å². The lowest BCUT2D eigenvalue weighted by atomic mass is 9.88. The minimum absolute atomic E-state index is 0.200. The summed E-state index contributed by atoms with van der Waals surface area (Å²) in [5.41, 5.74) is 0.502. The maximum Gasteiger partial charge on any atom is 0.326 e. The molecule has 0 aromatic heterocycles. The normalized spacial score (nSPS) is 23.0. The Labute approximate surface area is 125 Å². The van der Waals surface area contributed by atoms with E-state index in [4.69, 9.17) is 0 Å². The molecular weight excluding hydrogens is 290 g/mol. The number of hydrogen-bond donors (Lipinski definition) is 1. The minimum Gasteiger partial charge on any atom is -0.480 e. The van der Waals surface area contributed by atoms with Crippen molar-refractivity contribution in [1.29, 1.82) is 0 Å². The second-order valence-electron chi connectivity index (χ2n) is 5.59. The summed E-state index contributed by atoms with van der Waals surface area (Å²) in [5.74, 6) is -0.510. The molecule has 1 aliphatic rings. The average molecular weight is 311 g/mol. The van der Waals surface area contributed by atoms with E-state index in [1.54, 1.807) is 23.1 Å². The highest BCUT2D eigenvalue weighted by atomic mass is 32.2. The first-order valence-corrected chi connectivity index (χ1v) is 9.02. The molecule has 0 saturated carbocycles. The summed E-state index contributed by atoms with van der Waals surface area (Å²) in [6, 6.07) is 5.98. The molecule has 2 rings (SSSR count). The van der Waals surface area contributed by atoms with Gasteiger partial charge in [0.2, 0.25) is 0 Å². The molecule has 1 heterocycles. The van der Waals surface area contributed by atoms with E-state index < -0.39 is 21.8 Å². The predicted octanol–water partition coefficient (Wildman–Crippen LogP) is 2.17. The van der Waals surface area contributed by atoms with Crippen LogP contribution in [0.3, 0.4) is 0 Å². The first-order valence-electron chi connectivity index (χ1n) is 7.13. The topological polar surface area (TPSA) is 74.7 Å². The van der Waals surface area contributed by atoms with Crippen molar-refractivity contribution in [2.24, 2.45) is 5.92 Å². The predicted molar refractivity (Wildman–Crippen MR) is 81.3 cm³/mol. The monoisotopic (exact) mass is 311 g/mol. The zero-order valence-corrected chi connectivity index (χ0v) is 13.1. The first-order chi connectivity index (χ1) is 9.84. The third-order valence-electron chi connectivity index (χ3n) is 4.15. The van der Waals surface area contributed by atoms with Crippen LogP contribution in [0, 0.1) is 5.92 Å². The van der Waals surface area contributed by atoms with Crippen molar-refractivity contribution < 1.29 is 18.3 Å². The molecule has 0 radical (unpaired) electrons. The molecule has 1 aromatic carbocycles. The standard InChI is InChI=1S/C15H21NO4S/c1-3-11-8-9-16(13(10-11)15(17)18)12-6-4-5-7-14(12)21(2,19)20/h4-7,11,13H,3,8-10H2,1-2H3,(H,17,18). The van der Waals surface area contributed by atoms with Crippen LogP contribution in [0.5, 0.6) is 0 Å². The van der Waals surface area contributed by atoms with E-state index in [9.17, 15) is 18.3 Å². The van der Waals surface area contributed by atoms with Gasteiger partial charge in [0, 0.05) is 12.8 Å². The highest BCUT2D eigenvalue weighted by Crippen LogP contribution is 2.33. The third kappa shape index (κ3) is 3.37. The molecule has 2 atom stereocenters. The van der Waals surface area contributed by atoms with Crippen molar-refractivity contribution in [2.45, 2.75) is 37.1 Å². The van der Waals surface area contributed by atoms with E-state index in [1.165, 1.54) is 6.07 Å². The van der Waals surface area contributed by atoms with Gasteiger partial charge in [0.15, 0.2) is 9.84 Å². The van der Waals surface area contributed by atoms with Crippen molar-refractivity contribution in [2.75, 3.05) is 17.7 Å². The molecule has 0 aliphatic carbocycles. The van der Waals surface area contributed by atoms with Gasteiger partial charge in [0.25, 0.3) is 0 Å². The Morgan fingerprint density at radius 1 is 1.38 bits per heavy atom. The number of rotatable bonds is 4. The Bertz CT molecular complexity index is 626. The number of nitrogens with zero attached hydrogens (tertiary/aromatic N) is 1. The van der Waals surface area contributed by atoms with Crippen LogP contribution in [0.2, 0.25) is 0 Å². The molecule has 1 fully saturated rings. The highest BCUT2D eigenvalue weighted by Gasteiger charge is 2.34. The number of hydrogen-bond acceptors (Lipinski definition) is 4. The summed E-state index contributed by atoms with van der Waals surface area (Å²) in [7, 11) is -3.39. The second kappa shape index (κ2) is 6.05. The number of sulfone groups is 1. The number of carboxylic acids is 1. The molecule has 0 spiro atoms. The van der Waals surface area contributed by atoms with Gasteiger partial charge in [-0.25, -0.2) is 13.2 Å². The van der Waals surface area contributed by atoms with Crippen LogP contribution in [-0.4, -0.2) is 38.3 Å². The zero-order chi connectivity index (χ0) is 15.6. The largest absolute Gasteiger partial charge is 0.480 e. The average Bonchev–Trinajstić information content (AvgIpc) is 2.45. The zero-order valence-electron chi connectivity index (χ0n) is 12.3. The lowest BCUT2D eigenvalue weighted by Crippen LogP contribution is -2.47. The third-order valence-corrected chi connectivity index (χ3v) is 5.29. The van der Waals surface area contributed by atoms with E-state index >= 15 is 0 Å². The van der Waals surface area contributed by atoms with Crippen LogP contribution in [0.1, 0.15) is 26.2 Å². The quantitative estimate of drug-likeness (QED) is 0.922. The Morgan fingerprint density at radius 2 is 2.05 bits per heavy atom. The van der Waals surface area contributed by atoms with Crippen LogP contribution in [0.15, 0.2) is 29.2 Å². The Morgan fingerprint density at radius 3 is 2.62 bits per heavy atom. The summed E-state index contributed by atoms with van der Waals surface area (Å²) >= 11 is 0. The number of carboxylic acid groups (broad SMARTS) is 1. The molecule has 1 saturated heterocycles. The second-order valence-corrected chi connectivity index (χ2v) is 7.57. The van der Waals surface area contributed by atoms with Crippen LogP contribution in [0.25, 0.3) is 0 Å². The van der Waals surface area contributed by atoms with Crippen LogP contribution in [0.4, 0.5) is 5.69 Å². The van der Waals surface area contributed by atoms with Gasteiger partial charge in [0.1, 0.15) is 6.04 Å². The van der Waals surface area contributed by atoms with Crippen LogP contribution >= 0.6 is 0 Å². The molecule has 0 bridgehead atoms. The van der Waals surface area contributed by atoms with Crippen LogP contribution in [-0.2, 0) is 14.6 Å². The first kappa shape index (κ1) is 15.8. The van der Waals surface area contributed by atoms with Crippen molar-refractivity contribution >= 4 is 21.5 Å². The van der Waals surface area contributed by atoms with Gasteiger partial charge in [-0.15, -0.1) is 0 Å². The van der Waals surface area contributed by atoms with Crippen molar-refractivity contribution in [3.05, 3.63) is 24.3 Å². The molecule has 6 heteroatoms. The molecular formula is C15H21NO4S. The summed E-state index contributed by atoms with van der Waals surface area (Å²) in [6.07, 6.45) is 3.55. The van der Waals surface area contributed by atoms with E-state index in [2.05, 4.69) is 6.92 Å². The Kier molecular flexibility index (Phi) is 4.56. The molecule has 1 aliphatic heterocycles. The summed E-state index contributed by atoms with van der Waals surface area (Å²) < 4.78 is 23.8. The van der Waals surface area contributed by atoms with Gasteiger partial charge in [0.05, 0.1) is 10.6 Å². The molecule has 1 aromatic rings. The maximum atomic E-state index is 11.9. The van der Waals surface area contributed by atoms with Gasteiger partial charge in [-0.05, 0) is 30.9 Å². The number of piperidine rings is 1. The molecule has 21 heavy (non-hydrogen) atoms. The van der Waals surface area contributed by atoms with E-state index in [0.717, 1.165) is 19.1 Å². The number of para-hydroxylation sites is 1. The van der Waals surface area contributed by atoms with Crippen molar-refractivity contribution in [3.8, 4) is 0 Å². The van der Waals surface area contributed by atoms with Crippen molar-refractivity contribution in [1.82, 2.24) is 0 Å². The number of carbonyl (C=O) groups is 1. The lowest BCUT2D eigenvalue weighted by Gasteiger charge is -2.39. The molecule has 0 amide bonds. The minimum atomic E-state index is -3.39. The van der Waals surface area contributed by atoms with Gasteiger partial charge in [-0.3, -0.25) is 0 Å². The summed E-state index contributed by atoms with van der Waals surface area (Å²) in [4.78, 5) is 13.5. The SMILES string of the molecule is CCC1CCN(c2ccccc2S(C)(=O)=O)C(C(=O)O)C1. The molecule has 2 unspecified atom stereocenters. The van der Waals surface area contributed by atoms with Crippen molar-refractivity contribution in [3.63, 3.8) is 0 Å². The fraction of sp³-hybridized carbons (Fsp3) is 0.533. The van der Waals surface area contributed by atoms with E-state index in [1.807, 2.05) is 0 Å². The highest BCUT2D eigenvalue weighted by molar-refractivity contribution is 7.90. The Hall–Kier alpha value is -1.56. The van der Waals surface area contributed by atoms with Gasteiger partial charge < -0.3 is 10.0 Å². The van der Waals surface area contributed by atoms with Gasteiger partial charge in [-0.1, -0.05) is 25.5 Å². The van der Waals surface area contributed by atoms with E-state index in [-0.39, 0.29) is 4.90 Å². The maximum absolute atomic E-state index is 11.9.